The summed E-state index contributed by atoms with van der Waals surface area (Å²) in [5.41, 5.74) is 2.93. The van der Waals surface area contributed by atoms with E-state index in [1.807, 2.05) is 66.7 Å². The molecular weight excluding hydrogens is 378 g/mol. The highest BCUT2D eigenvalue weighted by atomic mass is 35.5. The Morgan fingerprint density at radius 3 is 2.44 bits per heavy atom. The van der Waals surface area contributed by atoms with Gasteiger partial charge in [-0.2, -0.15) is 0 Å². The largest absolute Gasteiger partial charge is 0.497 e. The number of halogens is 1. The molecule has 0 saturated carbocycles. The van der Waals surface area contributed by atoms with Crippen molar-refractivity contribution in [3.63, 3.8) is 0 Å². The van der Waals surface area contributed by atoms with Crippen LogP contribution in [0.4, 0.5) is 5.69 Å². The lowest BCUT2D eigenvalue weighted by atomic mass is 10.1. The van der Waals surface area contributed by atoms with Gasteiger partial charge in [0.05, 0.1) is 19.2 Å². The number of carbonyl (C=O) groups is 1. The third-order valence-corrected chi connectivity index (χ3v) is 5.34. The number of rotatable bonds is 7. The molecule has 0 aliphatic rings. The Labute approximate surface area is 168 Å². The summed E-state index contributed by atoms with van der Waals surface area (Å²) in [5.74, 6) is 1.56. The number of ether oxygens (including phenoxy) is 1. The number of benzene rings is 3. The Morgan fingerprint density at radius 1 is 1.00 bits per heavy atom. The van der Waals surface area contributed by atoms with Crippen molar-refractivity contribution in [2.45, 2.75) is 17.1 Å². The van der Waals surface area contributed by atoms with E-state index in [1.54, 1.807) is 24.9 Å². The predicted octanol–water partition coefficient (Wildman–Crippen LogP) is 5.82. The predicted molar refractivity (Wildman–Crippen MR) is 113 cm³/mol. The fraction of sp³-hybridized carbons (Fsp3) is 0.136. The zero-order valence-corrected chi connectivity index (χ0v) is 16.5. The number of methoxy groups -OCH3 is 1. The van der Waals surface area contributed by atoms with Crippen molar-refractivity contribution >= 4 is 35.0 Å². The molecule has 138 valence electrons. The van der Waals surface area contributed by atoms with Crippen molar-refractivity contribution in [1.82, 2.24) is 0 Å². The minimum Gasteiger partial charge on any atom is -0.497 e. The minimum absolute atomic E-state index is 0.0465. The van der Waals surface area contributed by atoms with Gasteiger partial charge in [0, 0.05) is 15.7 Å². The Kier molecular flexibility index (Phi) is 6.80. The van der Waals surface area contributed by atoms with Gasteiger partial charge in [-0.25, -0.2) is 0 Å². The first-order valence-electron chi connectivity index (χ1n) is 8.53. The van der Waals surface area contributed by atoms with E-state index in [4.69, 9.17) is 16.3 Å². The van der Waals surface area contributed by atoms with Crippen molar-refractivity contribution in [2.24, 2.45) is 0 Å². The zero-order valence-electron chi connectivity index (χ0n) is 14.9. The van der Waals surface area contributed by atoms with Gasteiger partial charge >= 0.3 is 0 Å². The third kappa shape index (κ3) is 5.78. The lowest BCUT2D eigenvalue weighted by molar-refractivity contribution is -0.115. The van der Waals surface area contributed by atoms with Crippen LogP contribution >= 0.6 is 23.4 Å². The molecule has 3 rings (SSSR count). The molecule has 0 atom stereocenters. The van der Waals surface area contributed by atoms with Crippen LogP contribution in [0, 0.1) is 0 Å². The maximum absolute atomic E-state index is 12.4. The number of anilines is 1. The second kappa shape index (κ2) is 9.49. The Bertz CT molecular complexity index is 898. The summed E-state index contributed by atoms with van der Waals surface area (Å²) < 4.78 is 5.19. The molecule has 0 radical (unpaired) electrons. The molecular formula is C22H20ClNO2S. The molecule has 0 saturated heterocycles. The van der Waals surface area contributed by atoms with Gasteiger partial charge in [-0.15, -0.1) is 11.8 Å². The SMILES string of the molecule is COc1ccc(CSc2cc(Cl)ccc2NC(=O)Cc2ccccc2)cc1. The molecule has 0 aliphatic carbocycles. The van der Waals surface area contributed by atoms with Gasteiger partial charge in [0.1, 0.15) is 5.75 Å². The highest BCUT2D eigenvalue weighted by molar-refractivity contribution is 7.98. The molecule has 0 aromatic heterocycles. The minimum atomic E-state index is -0.0465. The molecule has 1 N–H and O–H groups in total. The second-order valence-electron chi connectivity index (χ2n) is 5.99. The van der Waals surface area contributed by atoms with Crippen LogP contribution in [0.5, 0.6) is 5.75 Å². The summed E-state index contributed by atoms with van der Waals surface area (Å²) in [7, 11) is 1.65. The highest BCUT2D eigenvalue weighted by Crippen LogP contribution is 2.33. The molecule has 0 unspecified atom stereocenters. The molecule has 0 aliphatic heterocycles. The van der Waals surface area contributed by atoms with E-state index in [0.29, 0.717) is 11.4 Å². The normalized spacial score (nSPS) is 10.4. The molecule has 3 aromatic rings. The number of thioether (sulfide) groups is 1. The number of amides is 1. The zero-order chi connectivity index (χ0) is 19.1. The summed E-state index contributed by atoms with van der Waals surface area (Å²) in [5, 5.41) is 3.65. The smallest absolute Gasteiger partial charge is 0.228 e. The van der Waals surface area contributed by atoms with Crippen LogP contribution in [-0.2, 0) is 17.0 Å². The van der Waals surface area contributed by atoms with Crippen LogP contribution < -0.4 is 10.1 Å². The molecule has 0 spiro atoms. The second-order valence-corrected chi connectivity index (χ2v) is 7.44. The maximum atomic E-state index is 12.4. The first-order chi connectivity index (χ1) is 13.1. The number of hydrogen-bond acceptors (Lipinski definition) is 3. The standard InChI is InChI=1S/C22H20ClNO2S/c1-26-19-10-7-17(8-11-19)15-27-21-14-18(23)9-12-20(21)24-22(25)13-16-5-3-2-4-6-16/h2-12,14H,13,15H2,1H3,(H,24,25). The highest BCUT2D eigenvalue weighted by Gasteiger charge is 2.10. The van der Waals surface area contributed by atoms with Gasteiger partial charge in [-0.3, -0.25) is 4.79 Å². The van der Waals surface area contributed by atoms with Gasteiger partial charge in [0.25, 0.3) is 0 Å². The van der Waals surface area contributed by atoms with E-state index >= 15 is 0 Å². The van der Waals surface area contributed by atoms with Crippen LogP contribution in [0.25, 0.3) is 0 Å². The van der Waals surface area contributed by atoms with Crippen LogP contribution in [0.3, 0.4) is 0 Å². The molecule has 27 heavy (non-hydrogen) atoms. The molecule has 0 heterocycles. The lowest BCUT2D eigenvalue weighted by Gasteiger charge is -2.12. The number of carbonyl (C=O) groups excluding carboxylic acids is 1. The van der Waals surface area contributed by atoms with Gasteiger partial charge in [-0.05, 0) is 41.5 Å². The van der Waals surface area contributed by atoms with Gasteiger partial charge in [0.15, 0.2) is 0 Å². The number of nitrogens with one attached hydrogen (secondary N) is 1. The van der Waals surface area contributed by atoms with E-state index in [-0.39, 0.29) is 5.91 Å². The van der Waals surface area contributed by atoms with Crippen LogP contribution in [0.2, 0.25) is 5.02 Å². The average molecular weight is 398 g/mol. The first-order valence-corrected chi connectivity index (χ1v) is 9.89. The van der Waals surface area contributed by atoms with E-state index in [2.05, 4.69) is 5.32 Å². The van der Waals surface area contributed by atoms with Crippen LogP contribution in [0.1, 0.15) is 11.1 Å². The maximum Gasteiger partial charge on any atom is 0.228 e. The lowest BCUT2D eigenvalue weighted by Crippen LogP contribution is -2.14. The molecule has 5 heteroatoms. The van der Waals surface area contributed by atoms with Crippen LogP contribution in [0.15, 0.2) is 77.7 Å². The van der Waals surface area contributed by atoms with Crippen molar-refractivity contribution < 1.29 is 9.53 Å². The Hall–Kier alpha value is -2.43. The summed E-state index contributed by atoms with van der Waals surface area (Å²) in [6.45, 7) is 0. The molecule has 0 fully saturated rings. The average Bonchev–Trinajstić information content (AvgIpc) is 2.69. The molecule has 3 aromatic carbocycles. The van der Waals surface area contributed by atoms with Crippen molar-refractivity contribution in [2.75, 3.05) is 12.4 Å². The number of hydrogen-bond donors (Lipinski definition) is 1. The molecule has 3 nitrogen and oxygen atoms in total. The molecule has 1 amide bonds. The topological polar surface area (TPSA) is 38.3 Å². The quantitative estimate of drug-likeness (QED) is 0.510. The fourth-order valence-corrected chi connectivity index (χ4v) is 3.81. The van der Waals surface area contributed by atoms with Crippen LogP contribution in [-0.4, -0.2) is 13.0 Å². The summed E-state index contributed by atoms with van der Waals surface area (Å²) in [6.07, 6.45) is 0.339. The first kappa shape index (κ1) is 19.3. The van der Waals surface area contributed by atoms with Crippen molar-refractivity contribution in [3.05, 3.63) is 88.9 Å². The fourth-order valence-electron chi connectivity index (χ4n) is 2.58. The van der Waals surface area contributed by atoms with Gasteiger partial charge in [0.2, 0.25) is 5.91 Å². The third-order valence-electron chi connectivity index (χ3n) is 3.98. The van der Waals surface area contributed by atoms with E-state index in [1.165, 1.54) is 5.56 Å². The Balaban J connectivity index is 1.67. The summed E-state index contributed by atoms with van der Waals surface area (Å²) in [6, 6.07) is 23.2. The van der Waals surface area contributed by atoms with E-state index in [0.717, 1.165) is 27.6 Å². The molecule has 0 bridgehead atoms. The van der Waals surface area contributed by atoms with Crippen molar-refractivity contribution in [3.8, 4) is 5.75 Å². The van der Waals surface area contributed by atoms with E-state index < -0.39 is 0 Å². The summed E-state index contributed by atoms with van der Waals surface area (Å²) in [4.78, 5) is 13.3. The van der Waals surface area contributed by atoms with E-state index in [9.17, 15) is 4.79 Å². The van der Waals surface area contributed by atoms with Gasteiger partial charge in [-0.1, -0.05) is 54.1 Å². The summed E-state index contributed by atoms with van der Waals surface area (Å²) >= 11 is 7.80. The van der Waals surface area contributed by atoms with Gasteiger partial charge < -0.3 is 10.1 Å². The van der Waals surface area contributed by atoms with Crippen molar-refractivity contribution in [1.29, 1.82) is 0 Å². The monoisotopic (exact) mass is 397 g/mol. The Morgan fingerprint density at radius 2 is 1.74 bits per heavy atom.